The molecule has 0 aliphatic rings. The first kappa shape index (κ1) is 13.5. The molecule has 2 aromatic heterocycles. The molecular formula is C15H13BrClN3. The number of pyridine rings is 1. The van der Waals surface area contributed by atoms with E-state index in [0.717, 1.165) is 32.6 Å². The summed E-state index contributed by atoms with van der Waals surface area (Å²) < 4.78 is 2.88. The summed E-state index contributed by atoms with van der Waals surface area (Å²) in [5.74, 6) is 0.613. The first-order valence-corrected chi connectivity index (χ1v) is 7.35. The van der Waals surface area contributed by atoms with E-state index in [9.17, 15) is 0 Å². The van der Waals surface area contributed by atoms with Gasteiger partial charge in [-0.1, -0.05) is 33.6 Å². The summed E-state index contributed by atoms with van der Waals surface area (Å²) in [6.45, 7) is 4.06. The number of nitrogens with two attached hydrogens (primary N) is 1. The molecule has 0 atom stereocenters. The van der Waals surface area contributed by atoms with E-state index in [1.165, 1.54) is 0 Å². The number of halogens is 2. The van der Waals surface area contributed by atoms with Gasteiger partial charge in [-0.15, -0.1) is 0 Å². The first-order valence-electron chi connectivity index (χ1n) is 6.18. The van der Waals surface area contributed by atoms with Crippen LogP contribution < -0.4 is 5.73 Å². The van der Waals surface area contributed by atoms with Crippen LogP contribution in [0.4, 0.5) is 5.82 Å². The topological polar surface area (TPSA) is 43.3 Å². The van der Waals surface area contributed by atoms with E-state index >= 15 is 0 Å². The van der Waals surface area contributed by atoms with Gasteiger partial charge in [-0.25, -0.2) is 4.98 Å². The van der Waals surface area contributed by atoms with Crippen LogP contribution in [0, 0.1) is 13.8 Å². The highest BCUT2D eigenvalue weighted by molar-refractivity contribution is 9.10. The lowest BCUT2D eigenvalue weighted by Crippen LogP contribution is -1.98. The maximum Gasteiger partial charge on any atom is 0.139 e. The molecule has 0 fully saturated rings. The Morgan fingerprint density at radius 3 is 2.65 bits per heavy atom. The van der Waals surface area contributed by atoms with Crippen molar-refractivity contribution in [1.29, 1.82) is 0 Å². The molecule has 3 rings (SSSR count). The number of anilines is 1. The zero-order valence-electron chi connectivity index (χ0n) is 11.1. The van der Waals surface area contributed by atoms with Crippen LogP contribution in [-0.4, -0.2) is 9.38 Å². The van der Waals surface area contributed by atoms with Gasteiger partial charge < -0.3 is 5.73 Å². The van der Waals surface area contributed by atoms with Crippen molar-refractivity contribution in [1.82, 2.24) is 9.38 Å². The van der Waals surface area contributed by atoms with Gasteiger partial charge in [-0.05, 0) is 43.7 Å². The Labute approximate surface area is 130 Å². The number of fused-ring (bicyclic) bond motifs is 1. The maximum absolute atomic E-state index is 6.30. The Morgan fingerprint density at radius 2 is 1.95 bits per heavy atom. The molecule has 0 radical (unpaired) electrons. The normalized spacial score (nSPS) is 11.2. The third kappa shape index (κ3) is 2.09. The SMILES string of the molecule is Cc1cc(C)n2c(N)c(-c3ccc(Br)cc3Cl)nc2c1. The van der Waals surface area contributed by atoms with Crippen LogP contribution in [-0.2, 0) is 0 Å². The number of nitrogen functional groups attached to an aromatic ring is 1. The van der Waals surface area contributed by atoms with Crippen molar-refractivity contribution >= 4 is 39.0 Å². The Bertz CT molecular complexity index is 824. The molecule has 102 valence electrons. The molecule has 3 nitrogen and oxygen atoms in total. The van der Waals surface area contributed by atoms with Gasteiger partial charge >= 0.3 is 0 Å². The third-order valence-corrected chi connectivity index (χ3v) is 4.08. The molecule has 0 aliphatic carbocycles. The van der Waals surface area contributed by atoms with Gasteiger partial charge in [0.1, 0.15) is 17.2 Å². The number of hydrogen-bond donors (Lipinski definition) is 1. The summed E-state index contributed by atoms with van der Waals surface area (Å²) >= 11 is 9.70. The fourth-order valence-electron chi connectivity index (χ4n) is 2.44. The molecule has 0 bridgehead atoms. The van der Waals surface area contributed by atoms with Crippen LogP contribution in [0.25, 0.3) is 16.9 Å². The van der Waals surface area contributed by atoms with Crippen LogP contribution in [0.15, 0.2) is 34.8 Å². The fourth-order valence-corrected chi connectivity index (χ4v) is 3.20. The minimum atomic E-state index is 0.613. The highest BCUT2D eigenvalue weighted by Gasteiger charge is 2.15. The summed E-state index contributed by atoms with van der Waals surface area (Å²) in [4.78, 5) is 4.63. The van der Waals surface area contributed by atoms with E-state index in [4.69, 9.17) is 17.3 Å². The minimum absolute atomic E-state index is 0.613. The summed E-state index contributed by atoms with van der Waals surface area (Å²) in [7, 11) is 0. The quantitative estimate of drug-likeness (QED) is 0.696. The number of aryl methyl sites for hydroxylation is 2. The minimum Gasteiger partial charge on any atom is -0.383 e. The lowest BCUT2D eigenvalue weighted by Gasteiger charge is -2.05. The van der Waals surface area contributed by atoms with E-state index in [1.54, 1.807) is 0 Å². The molecule has 3 aromatic rings. The van der Waals surface area contributed by atoms with Crippen LogP contribution in [0.2, 0.25) is 5.02 Å². The van der Waals surface area contributed by atoms with Crippen LogP contribution in [0.1, 0.15) is 11.3 Å². The molecule has 2 heterocycles. The highest BCUT2D eigenvalue weighted by Crippen LogP contribution is 2.34. The smallest absolute Gasteiger partial charge is 0.139 e. The molecular weight excluding hydrogens is 338 g/mol. The predicted octanol–water partition coefficient (Wildman–Crippen LogP) is 4.62. The molecule has 0 saturated heterocycles. The molecule has 0 amide bonds. The van der Waals surface area contributed by atoms with Crippen molar-refractivity contribution in [2.45, 2.75) is 13.8 Å². The maximum atomic E-state index is 6.30. The van der Waals surface area contributed by atoms with E-state index in [1.807, 2.05) is 42.5 Å². The van der Waals surface area contributed by atoms with Crippen molar-refractivity contribution in [3.05, 3.63) is 51.1 Å². The fraction of sp³-hybridized carbons (Fsp3) is 0.133. The van der Waals surface area contributed by atoms with E-state index in [0.29, 0.717) is 10.8 Å². The standard InChI is InChI=1S/C15H13BrClN3/c1-8-5-9(2)20-13(6-8)19-14(15(20)18)11-4-3-10(16)7-12(11)17/h3-7H,18H2,1-2H3. The molecule has 2 N–H and O–H groups in total. The van der Waals surface area contributed by atoms with Crippen LogP contribution in [0.5, 0.6) is 0 Å². The number of benzene rings is 1. The number of hydrogen-bond acceptors (Lipinski definition) is 2. The average Bonchev–Trinajstić information content (AvgIpc) is 2.66. The number of imidazole rings is 1. The monoisotopic (exact) mass is 349 g/mol. The number of aromatic nitrogens is 2. The second kappa shape index (κ2) is 4.79. The zero-order valence-corrected chi connectivity index (χ0v) is 13.5. The van der Waals surface area contributed by atoms with E-state index in [2.05, 4.69) is 27.0 Å². The average molecular weight is 351 g/mol. The van der Waals surface area contributed by atoms with E-state index in [-0.39, 0.29) is 0 Å². The molecule has 0 aliphatic heterocycles. The highest BCUT2D eigenvalue weighted by atomic mass is 79.9. The third-order valence-electron chi connectivity index (χ3n) is 3.27. The van der Waals surface area contributed by atoms with Crippen molar-refractivity contribution in [3.63, 3.8) is 0 Å². The molecule has 0 spiro atoms. The second-order valence-corrected chi connectivity index (χ2v) is 6.16. The largest absolute Gasteiger partial charge is 0.383 e. The van der Waals surface area contributed by atoms with Crippen LogP contribution in [0.3, 0.4) is 0 Å². The Morgan fingerprint density at radius 1 is 1.20 bits per heavy atom. The van der Waals surface area contributed by atoms with Crippen LogP contribution >= 0.6 is 27.5 Å². The van der Waals surface area contributed by atoms with Gasteiger partial charge in [0.2, 0.25) is 0 Å². The molecule has 20 heavy (non-hydrogen) atoms. The Hall–Kier alpha value is -1.52. The molecule has 5 heteroatoms. The number of rotatable bonds is 1. The zero-order chi connectivity index (χ0) is 14.4. The van der Waals surface area contributed by atoms with Crippen molar-refractivity contribution in [2.75, 3.05) is 5.73 Å². The summed E-state index contributed by atoms with van der Waals surface area (Å²) in [5.41, 5.74) is 10.9. The Balaban J connectivity index is 2.32. The van der Waals surface area contributed by atoms with Gasteiger partial charge in [0.25, 0.3) is 0 Å². The summed E-state index contributed by atoms with van der Waals surface area (Å²) in [6, 6.07) is 9.80. The Kier molecular flexibility index (Phi) is 3.22. The lowest BCUT2D eigenvalue weighted by atomic mass is 10.1. The summed E-state index contributed by atoms with van der Waals surface area (Å²) in [5, 5.41) is 0.629. The molecule has 0 saturated carbocycles. The molecule has 1 aromatic carbocycles. The first-order chi connectivity index (χ1) is 9.47. The van der Waals surface area contributed by atoms with Crippen molar-refractivity contribution < 1.29 is 0 Å². The predicted molar refractivity (Wildman–Crippen MR) is 87.2 cm³/mol. The lowest BCUT2D eigenvalue weighted by molar-refractivity contribution is 1.09. The van der Waals surface area contributed by atoms with Gasteiger partial charge in [0, 0.05) is 15.7 Å². The number of nitrogens with zero attached hydrogens (tertiary/aromatic N) is 2. The van der Waals surface area contributed by atoms with Gasteiger partial charge in [0.05, 0.1) is 5.02 Å². The van der Waals surface area contributed by atoms with Gasteiger partial charge in [-0.2, -0.15) is 0 Å². The molecule has 0 unspecified atom stereocenters. The van der Waals surface area contributed by atoms with E-state index < -0.39 is 0 Å². The van der Waals surface area contributed by atoms with Gasteiger partial charge in [-0.3, -0.25) is 4.40 Å². The van der Waals surface area contributed by atoms with Crippen molar-refractivity contribution in [3.8, 4) is 11.3 Å². The summed E-state index contributed by atoms with van der Waals surface area (Å²) in [6.07, 6.45) is 0. The van der Waals surface area contributed by atoms with Crippen molar-refractivity contribution in [2.24, 2.45) is 0 Å². The van der Waals surface area contributed by atoms with Gasteiger partial charge in [0.15, 0.2) is 0 Å². The second-order valence-electron chi connectivity index (χ2n) is 4.84.